The van der Waals surface area contributed by atoms with Gasteiger partial charge in [0.1, 0.15) is 17.6 Å². The SMILES string of the molecule is CN=C(NCC(C)Oc1cccc(OC)c1)NC1CC2CCC1O2. The van der Waals surface area contributed by atoms with Crippen LogP contribution in [0.5, 0.6) is 11.5 Å². The molecular weight excluding hydrogens is 306 g/mol. The van der Waals surface area contributed by atoms with Gasteiger partial charge in [-0.2, -0.15) is 0 Å². The molecule has 0 saturated carbocycles. The second-order valence-corrected chi connectivity index (χ2v) is 6.42. The second kappa shape index (κ2) is 7.75. The van der Waals surface area contributed by atoms with Gasteiger partial charge in [-0.15, -0.1) is 0 Å². The first-order valence-electron chi connectivity index (χ1n) is 8.61. The molecule has 3 rings (SSSR count). The van der Waals surface area contributed by atoms with Crippen LogP contribution in [0.4, 0.5) is 0 Å². The zero-order valence-electron chi connectivity index (χ0n) is 14.6. The van der Waals surface area contributed by atoms with Gasteiger partial charge >= 0.3 is 0 Å². The average Bonchev–Trinajstić information content (AvgIpc) is 3.21. The Bertz CT molecular complexity index is 578. The number of benzene rings is 1. The van der Waals surface area contributed by atoms with Gasteiger partial charge in [0, 0.05) is 13.1 Å². The lowest BCUT2D eigenvalue weighted by molar-refractivity contribution is 0.0992. The van der Waals surface area contributed by atoms with Gasteiger partial charge in [0.25, 0.3) is 0 Å². The number of hydrogen-bond donors (Lipinski definition) is 2. The summed E-state index contributed by atoms with van der Waals surface area (Å²) < 4.78 is 17.0. The van der Waals surface area contributed by atoms with E-state index >= 15 is 0 Å². The smallest absolute Gasteiger partial charge is 0.191 e. The summed E-state index contributed by atoms with van der Waals surface area (Å²) in [7, 11) is 3.44. The Morgan fingerprint density at radius 1 is 1.38 bits per heavy atom. The lowest BCUT2D eigenvalue weighted by Gasteiger charge is -2.24. The van der Waals surface area contributed by atoms with Crippen molar-refractivity contribution in [2.75, 3.05) is 20.7 Å². The van der Waals surface area contributed by atoms with Crippen molar-refractivity contribution in [1.82, 2.24) is 10.6 Å². The van der Waals surface area contributed by atoms with E-state index in [-0.39, 0.29) is 6.10 Å². The van der Waals surface area contributed by atoms with Crippen molar-refractivity contribution in [2.24, 2.45) is 4.99 Å². The molecule has 4 atom stereocenters. The number of nitrogens with zero attached hydrogens (tertiary/aromatic N) is 1. The minimum absolute atomic E-state index is 0.00642. The van der Waals surface area contributed by atoms with E-state index in [1.165, 1.54) is 6.42 Å². The van der Waals surface area contributed by atoms with E-state index < -0.39 is 0 Å². The van der Waals surface area contributed by atoms with Crippen molar-refractivity contribution in [2.45, 2.75) is 50.5 Å². The van der Waals surface area contributed by atoms with E-state index in [2.05, 4.69) is 15.6 Å². The third-order valence-electron chi connectivity index (χ3n) is 4.59. The summed E-state index contributed by atoms with van der Waals surface area (Å²) in [6.07, 6.45) is 4.18. The maximum atomic E-state index is 5.92. The number of hydrogen-bond acceptors (Lipinski definition) is 4. The van der Waals surface area contributed by atoms with Crippen molar-refractivity contribution in [3.63, 3.8) is 0 Å². The summed E-state index contributed by atoms with van der Waals surface area (Å²) in [5, 5.41) is 6.80. The van der Waals surface area contributed by atoms with Gasteiger partial charge in [-0.1, -0.05) is 6.07 Å². The van der Waals surface area contributed by atoms with Crippen LogP contribution in [0.15, 0.2) is 29.3 Å². The van der Waals surface area contributed by atoms with Crippen LogP contribution in [0.2, 0.25) is 0 Å². The molecule has 4 unspecified atom stereocenters. The molecule has 2 aliphatic rings. The summed E-state index contributed by atoms with van der Waals surface area (Å²) in [6, 6.07) is 8.00. The Balaban J connectivity index is 1.44. The minimum atomic E-state index is 0.00642. The van der Waals surface area contributed by atoms with E-state index in [0.717, 1.165) is 30.3 Å². The molecule has 0 radical (unpaired) electrons. The highest BCUT2D eigenvalue weighted by Crippen LogP contribution is 2.34. The highest BCUT2D eigenvalue weighted by Gasteiger charge is 2.41. The predicted octanol–water partition coefficient (Wildman–Crippen LogP) is 1.95. The number of rotatable bonds is 6. The fourth-order valence-electron chi connectivity index (χ4n) is 3.35. The normalized spacial score (nSPS) is 27.0. The molecule has 2 heterocycles. The second-order valence-electron chi connectivity index (χ2n) is 6.42. The molecule has 1 aromatic rings. The van der Waals surface area contributed by atoms with Crippen molar-refractivity contribution >= 4 is 5.96 Å². The summed E-state index contributed by atoms with van der Waals surface area (Å²) in [4.78, 5) is 4.30. The van der Waals surface area contributed by atoms with Crippen molar-refractivity contribution in [3.05, 3.63) is 24.3 Å². The molecule has 2 aliphatic heterocycles. The lowest BCUT2D eigenvalue weighted by Crippen LogP contribution is -2.49. The van der Waals surface area contributed by atoms with Gasteiger partial charge in [0.15, 0.2) is 5.96 Å². The van der Waals surface area contributed by atoms with E-state index in [0.29, 0.717) is 24.8 Å². The van der Waals surface area contributed by atoms with Crippen LogP contribution in [0.1, 0.15) is 26.2 Å². The van der Waals surface area contributed by atoms with E-state index in [9.17, 15) is 0 Å². The summed E-state index contributed by atoms with van der Waals surface area (Å²) in [5.41, 5.74) is 0. The van der Waals surface area contributed by atoms with Gasteiger partial charge in [-0.25, -0.2) is 0 Å². The number of guanidine groups is 1. The van der Waals surface area contributed by atoms with E-state index in [1.54, 1.807) is 14.2 Å². The molecule has 132 valence electrons. The minimum Gasteiger partial charge on any atom is -0.497 e. The third-order valence-corrected chi connectivity index (χ3v) is 4.59. The van der Waals surface area contributed by atoms with E-state index in [1.807, 2.05) is 31.2 Å². The highest BCUT2D eigenvalue weighted by molar-refractivity contribution is 5.80. The molecule has 0 aliphatic carbocycles. The topological polar surface area (TPSA) is 64.1 Å². The van der Waals surface area contributed by atoms with Crippen LogP contribution in [0, 0.1) is 0 Å². The van der Waals surface area contributed by atoms with Gasteiger partial charge < -0.3 is 24.8 Å². The maximum Gasteiger partial charge on any atom is 0.191 e. The van der Waals surface area contributed by atoms with Crippen molar-refractivity contribution in [3.8, 4) is 11.5 Å². The van der Waals surface area contributed by atoms with Crippen molar-refractivity contribution in [1.29, 1.82) is 0 Å². The van der Waals surface area contributed by atoms with Crippen LogP contribution in [0.3, 0.4) is 0 Å². The van der Waals surface area contributed by atoms with Crippen LogP contribution in [0.25, 0.3) is 0 Å². The van der Waals surface area contributed by atoms with Crippen LogP contribution < -0.4 is 20.1 Å². The molecule has 6 heteroatoms. The molecule has 2 N–H and O–H groups in total. The molecule has 6 nitrogen and oxygen atoms in total. The number of methoxy groups -OCH3 is 1. The van der Waals surface area contributed by atoms with Gasteiger partial charge in [-0.05, 0) is 38.3 Å². The van der Waals surface area contributed by atoms with Gasteiger partial charge in [-0.3, -0.25) is 4.99 Å². The zero-order chi connectivity index (χ0) is 16.9. The predicted molar refractivity (Wildman–Crippen MR) is 93.9 cm³/mol. The molecule has 2 fully saturated rings. The molecule has 0 spiro atoms. The molecule has 0 aromatic heterocycles. The summed E-state index contributed by atoms with van der Waals surface area (Å²) in [6.45, 7) is 2.69. The Morgan fingerprint density at radius 3 is 2.88 bits per heavy atom. The first kappa shape index (κ1) is 16.9. The lowest BCUT2D eigenvalue weighted by atomic mass is 9.96. The third kappa shape index (κ3) is 4.12. The fourth-order valence-corrected chi connectivity index (χ4v) is 3.35. The largest absolute Gasteiger partial charge is 0.497 e. The van der Waals surface area contributed by atoms with E-state index in [4.69, 9.17) is 14.2 Å². The highest BCUT2D eigenvalue weighted by atomic mass is 16.5. The Labute approximate surface area is 143 Å². The zero-order valence-corrected chi connectivity index (χ0v) is 14.6. The Kier molecular flexibility index (Phi) is 5.45. The first-order chi connectivity index (χ1) is 11.7. The molecular formula is C18H27N3O3. The first-order valence-corrected chi connectivity index (χ1v) is 8.61. The average molecular weight is 333 g/mol. The summed E-state index contributed by atoms with van der Waals surface area (Å²) in [5.74, 6) is 2.40. The molecule has 2 saturated heterocycles. The van der Waals surface area contributed by atoms with Crippen LogP contribution >= 0.6 is 0 Å². The monoisotopic (exact) mass is 333 g/mol. The van der Waals surface area contributed by atoms with Gasteiger partial charge in [0.2, 0.25) is 0 Å². The van der Waals surface area contributed by atoms with Crippen LogP contribution in [-0.2, 0) is 4.74 Å². The number of ether oxygens (including phenoxy) is 3. The summed E-state index contributed by atoms with van der Waals surface area (Å²) >= 11 is 0. The molecule has 2 bridgehead atoms. The number of nitrogens with one attached hydrogen (secondary N) is 2. The quantitative estimate of drug-likeness (QED) is 0.615. The fraction of sp³-hybridized carbons (Fsp3) is 0.611. The van der Waals surface area contributed by atoms with Crippen LogP contribution in [-0.4, -0.2) is 51.0 Å². The standard InChI is InChI=1S/C18H27N3O3/c1-12(23-14-6-4-5-13(9-14)22-3)11-20-18(19-2)21-16-10-15-7-8-17(16)24-15/h4-6,9,12,15-17H,7-8,10-11H2,1-3H3,(H2,19,20,21). The Morgan fingerprint density at radius 2 is 2.21 bits per heavy atom. The van der Waals surface area contributed by atoms with Gasteiger partial charge in [0.05, 0.1) is 31.9 Å². The Hall–Kier alpha value is -1.95. The molecule has 24 heavy (non-hydrogen) atoms. The maximum absolute atomic E-state index is 5.92. The number of fused-ring (bicyclic) bond motifs is 2. The molecule has 1 aromatic carbocycles. The number of aliphatic imine (C=N–C) groups is 1. The van der Waals surface area contributed by atoms with Crippen molar-refractivity contribution < 1.29 is 14.2 Å². The molecule has 0 amide bonds.